The van der Waals surface area contributed by atoms with E-state index >= 15 is 0 Å². The van der Waals surface area contributed by atoms with Gasteiger partial charge in [0.25, 0.3) is 0 Å². The van der Waals surface area contributed by atoms with E-state index in [4.69, 9.17) is 14.2 Å². The maximum Gasteiger partial charge on any atom is 0.309 e. The second kappa shape index (κ2) is 12.7. The number of aromatic hydroxyl groups is 1. The summed E-state index contributed by atoms with van der Waals surface area (Å²) in [5.74, 6) is -1.11. The molecule has 0 unspecified atom stereocenters. The fourth-order valence-corrected chi connectivity index (χ4v) is 3.30. The largest absolute Gasteiger partial charge is 0.503 e. The van der Waals surface area contributed by atoms with Crippen LogP contribution in [0.4, 0.5) is 0 Å². The number of hydrogen-bond donors (Lipinski definition) is 1. The third-order valence-electron chi connectivity index (χ3n) is 5.21. The van der Waals surface area contributed by atoms with Gasteiger partial charge in [0.05, 0.1) is 13.0 Å². The number of Topliss-reactive ketones (excluding diaryl/α,β-unsaturated/α-hetero) is 1. The van der Waals surface area contributed by atoms with Crippen molar-refractivity contribution in [2.24, 2.45) is 5.92 Å². The molecule has 32 heavy (non-hydrogen) atoms. The van der Waals surface area contributed by atoms with Crippen LogP contribution in [0, 0.1) is 5.92 Å². The molecular formula is C25H33NO6. The molecule has 0 aliphatic heterocycles. The predicted octanol–water partition coefficient (Wildman–Crippen LogP) is 4.96. The van der Waals surface area contributed by atoms with E-state index in [1.807, 2.05) is 37.3 Å². The minimum atomic E-state index is -0.701. The normalized spacial score (nSPS) is 13.6. The third-order valence-corrected chi connectivity index (χ3v) is 5.21. The average molecular weight is 444 g/mol. The van der Waals surface area contributed by atoms with Crippen LogP contribution in [0.15, 0.2) is 42.6 Å². The Balaban J connectivity index is 2.02. The first-order valence-corrected chi connectivity index (χ1v) is 11.0. The van der Waals surface area contributed by atoms with Gasteiger partial charge in [-0.2, -0.15) is 0 Å². The Kier molecular flexibility index (Phi) is 9.98. The van der Waals surface area contributed by atoms with Gasteiger partial charge < -0.3 is 19.3 Å². The number of esters is 1. The molecule has 7 heteroatoms. The number of unbranched alkanes of at least 4 members (excludes halogenated alkanes) is 2. The van der Waals surface area contributed by atoms with Crippen molar-refractivity contribution in [1.82, 2.24) is 4.98 Å². The molecular weight excluding hydrogens is 410 g/mol. The number of methoxy groups -OCH3 is 1. The smallest absolute Gasteiger partial charge is 0.309 e. The van der Waals surface area contributed by atoms with E-state index in [-0.39, 0.29) is 29.7 Å². The van der Waals surface area contributed by atoms with Crippen LogP contribution in [0.2, 0.25) is 0 Å². The molecule has 174 valence electrons. The van der Waals surface area contributed by atoms with Crippen molar-refractivity contribution in [3.8, 4) is 17.2 Å². The summed E-state index contributed by atoms with van der Waals surface area (Å²) in [7, 11) is 1.39. The molecule has 1 heterocycles. The number of benzene rings is 1. The topological polar surface area (TPSA) is 95.0 Å². The summed E-state index contributed by atoms with van der Waals surface area (Å²) < 4.78 is 16.8. The summed E-state index contributed by atoms with van der Waals surface area (Å²) in [6.45, 7) is 5.62. The van der Waals surface area contributed by atoms with E-state index < -0.39 is 23.8 Å². The Bertz CT molecular complexity index is 870. The fraction of sp³-hybridized carbons (Fsp3) is 0.480. The molecule has 0 fully saturated rings. The van der Waals surface area contributed by atoms with Gasteiger partial charge in [-0.25, -0.2) is 4.98 Å². The maximum absolute atomic E-state index is 12.8. The minimum absolute atomic E-state index is 0.121. The number of rotatable bonds is 13. The second-order valence-electron chi connectivity index (χ2n) is 7.85. The van der Waals surface area contributed by atoms with E-state index in [9.17, 15) is 14.7 Å². The SMILES string of the molecule is CCCCC[C@@H](OC(=O)[C@H](C)CC(=O)c1nccc(OC)c1O)[C@H](C)Oc1ccccc1. The molecule has 0 spiro atoms. The lowest BCUT2D eigenvalue weighted by atomic mass is 10.0. The first kappa shape index (κ1) is 25.2. The fourth-order valence-electron chi connectivity index (χ4n) is 3.30. The number of ketones is 1. The van der Waals surface area contributed by atoms with E-state index in [1.54, 1.807) is 6.92 Å². The van der Waals surface area contributed by atoms with Crippen LogP contribution in [-0.2, 0) is 9.53 Å². The highest BCUT2D eigenvalue weighted by molar-refractivity contribution is 5.99. The van der Waals surface area contributed by atoms with Gasteiger partial charge in [0, 0.05) is 18.7 Å². The van der Waals surface area contributed by atoms with Gasteiger partial charge in [-0.3, -0.25) is 9.59 Å². The molecule has 0 saturated heterocycles. The highest BCUT2D eigenvalue weighted by atomic mass is 16.6. The summed E-state index contributed by atoms with van der Waals surface area (Å²) in [4.78, 5) is 29.3. The van der Waals surface area contributed by atoms with E-state index in [0.29, 0.717) is 12.2 Å². The van der Waals surface area contributed by atoms with E-state index in [2.05, 4.69) is 11.9 Å². The Morgan fingerprint density at radius 2 is 1.81 bits per heavy atom. The van der Waals surface area contributed by atoms with Crippen LogP contribution in [0.3, 0.4) is 0 Å². The van der Waals surface area contributed by atoms with Gasteiger partial charge in [-0.05, 0) is 31.9 Å². The number of ether oxygens (including phenoxy) is 3. The number of carbonyl (C=O) groups excluding carboxylic acids is 2. The maximum atomic E-state index is 12.8. The van der Waals surface area contributed by atoms with Crippen LogP contribution >= 0.6 is 0 Å². The van der Waals surface area contributed by atoms with Crippen LogP contribution in [0.1, 0.15) is 63.4 Å². The summed E-state index contributed by atoms with van der Waals surface area (Å²) >= 11 is 0. The standard InChI is InChI=1S/C25H33NO6/c1-5-6-8-13-21(18(3)31-19-11-9-7-10-12-19)32-25(29)17(2)16-20(27)23-24(28)22(30-4)14-15-26-23/h7,9-12,14-15,17-18,21,28H,5-6,8,13,16H2,1-4H3/t17-,18+,21-/m1/s1. The first-order chi connectivity index (χ1) is 15.4. The van der Waals surface area contributed by atoms with Crippen molar-refractivity contribution in [1.29, 1.82) is 0 Å². The number of pyridine rings is 1. The van der Waals surface area contributed by atoms with Gasteiger partial charge >= 0.3 is 5.97 Å². The number of para-hydroxylation sites is 1. The van der Waals surface area contributed by atoms with Crippen molar-refractivity contribution in [2.75, 3.05) is 7.11 Å². The zero-order valence-electron chi connectivity index (χ0n) is 19.2. The van der Waals surface area contributed by atoms with Gasteiger partial charge in [0.2, 0.25) is 0 Å². The zero-order chi connectivity index (χ0) is 23.5. The van der Waals surface area contributed by atoms with Crippen molar-refractivity contribution in [3.63, 3.8) is 0 Å². The lowest BCUT2D eigenvalue weighted by Crippen LogP contribution is -2.35. The van der Waals surface area contributed by atoms with Gasteiger partial charge in [-0.15, -0.1) is 0 Å². The quantitative estimate of drug-likeness (QED) is 0.265. The zero-order valence-corrected chi connectivity index (χ0v) is 19.2. The first-order valence-electron chi connectivity index (χ1n) is 11.0. The van der Waals surface area contributed by atoms with Crippen molar-refractivity contribution in [2.45, 2.75) is 65.1 Å². The van der Waals surface area contributed by atoms with E-state index in [1.165, 1.54) is 19.4 Å². The lowest BCUT2D eigenvalue weighted by Gasteiger charge is -2.26. The molecule has 0 saturated carbocycles. The van der Waals surface area contributed by atoms with Gasteiger partial charge in [0.1, 0.15) is 18.0 Å². The number of carbonyl (C=O) groups is 2. The molecule has 0 amide bonds. The van der Waals surface area contributed by atoms with E-state index in [0.717, 1.165) is 19.3 Å². The molecule has 1 aromatic heterocycles. The number of nitrogens with zero attached hydrogens (tertiary/aromatic N) is 1. The van der Waals surface area contributed by atoms with Crippen molar-refractivity contribution < 1.29 is 28.9 Å². The summed E-state index contributed by atoms with van der Waals surface area (Å²) in [5.41, 5.74) is -0.121. The number of aromatic nitrogens is 1. The minimum Gasteiger partial charge on any atom is -0.503 e. The molecule has 0 radical (unpaired) electrons. The van der Waals surface area contributed by atoms with Gasteiger partial charge in [-0.1, -0.05) is 44.9 Å². The van der Waals surface area contributed by atoms with Crippen LogP contribution in [-0.4, -0.2) is 41.2 Å². The van der Waals surface area contributed by atoms with Crippen LogP contribution in [0.25, 0.3) is 0 Å². The van der Waals surface area contributed by atoms with Gasteiger partial charge in [0.15, 0.2) is 23.0 Å². The highest BCUT2D eigenvalue weighted by Gasteiger charge is 2.28. The molecule has 3 atom stereocenters. The summed E-state index contributed by atoms with van der Waals surface area (Å²) in [6, 6.07) is 10.8. The molecule has 7 nitrogen and oxygen atoms in total. The molecule has 1 aromatic carbocycles. The molecule has 0 bridgehead atoms. The average Bonchev–Trinajstić information content (AvgIpc) is 2.79. The lowest BCUT2D eigenvalue weighted by molar-refractivity contribution is -0.158. The van der Waals surface area contributed by atoms with Crippen LogP contribution in [0.5, 0.6) is 17.2 Å². The Labute approximate surface area is 189 Å². The predicted molar refractivity (Wildman–Crippen MR) is 121 cm³/mol. The second-order valence-corrected chi connectivity index (χ2v) is 7.85. The van der Waals surface area contributed by atoms with Crippen molar-refractivity contribution >= 4 is 11.8 Å². The molecule has 2 aromatic rings. The Hall–Kier alpha value is -3.09. The Morgan fingerprint density at radius 1 is 1.09 bits per heavy atom. The number of hydrogen-bond acceptors (Lipinski definition) is 7. The Morgan fingerprint density at radius 3 is 2.47 bits per heavy atom. The molecule has 2 rings (SSSR count). The van der Waals surface area contributed by atoms with Crippen molar-refractivity contribution in [3.05, 3.63) is 48.3 Å². The third kappa shape index (κ3) is 7.25. The monoisotopic (exact) mass is 443 g/mol. The summed E-state index contributed by atoms with van der Waals surface area (Å²) in [5, 5.41) is 10.1. The summed E-state index contributed by atoms with van der Waals surface area (Å²) in [6.07, 6.45) is 4.12. The molecule has 1 N–H and O–H groups in total. The molecule has 0 aliphatic carbocycles. The molecule has 0 aliphatic rings. The highest BCUT2D eigenvalue weighted by Crippen LogP contribution is 2.29. The van der Waals surface area contributed by atoms with Crippen LogP contribution < -0.4 is 9.47 Å².